The molecule has 3 N–H and O–H groups in total. The summed E-state index contributed by atoms with van der Waals surface area (Å²) >= 11 is 0. The van der Waals surface area contributed by atoms with E-state index in [4.69, 9.17) is 5.26 Å². The van der Waals surface area contributed by atoms with E-state index in [-0.39, 0.29) is 0 Å². The van der Waals surface area contributed by atoms with E-state index >= 15 is 0 Å². The summed E-state index contributed by atoms with van der Waals surface area (Å²) in [6, 6.07) is 0. The fourth-order valence-corrected chi connectivity index (χ4v) is 1.12. The van der Waals surface area contributed by atoms with Gasteiger partial charge in [-0.25, -0.2) is 4.98 Å². The summed E-state index contributed by atoms with van der Waals surface area (Å²) in [4.78, 5) is 14.8. The highest BCUT2D eigenvalue weighted by Gasteiger charge is 1.95. The molecule has 7 nitrogen and oxygen atoms in total. The number of H-pyrrole nitrogens is 1. The van der Waals surface area contributed by atoms with Crippen LogP contribution in [0.15, 0.2) is 16.3 Å². The number of aromatic nitrogens is 2. The standard InChI is InChI=1S/C10H15N7/c1-8-9(17-7-16-8)5-13-3-4-14-10(12-2)15-6-11/h5,7H,3-4H2,1-2H3,(H,16,17)(H2,12,14,15). The molecule has 0 saturated heterocycles. The Balaban J connectivity index is 2.30. The van der Waals surface area contributed by atoms with Gasteiger partial charge in [0.25, 0.3) is 0 Å². The minimum atomic E-state index is 0.443. The first-order valence-electron chi connectivity index (χ1n) is 5.16. The Bertz CT molecular complexity index is 438. The number of guanidine groups is 1. The fourth-order valence-electron chi connectivity index (χ4n) is 1.12. The van der Waals surface area contributed by atoms with Gasteiger partial charge in [-0.2, -0.15) is 5.26 Å². The average Bonchev–Trinajstić information content (AvgIpc) is 2.73. The number of nitriles is 1. The number of nitrogens with zero attached hydrogens (tertiary/aromatic N) is 4. The van der Waals surface area contributed by atoms with E-state index in [0.717, 1.165) is 11.4 Å². The van der Waals surface area contributed by atoms with Crippen molar-refractivity contribution in [1.82, 2.24) is 20.6 Å². The Morgan fingerprint density at radius 1 is 1.71 bits per heavy atom. The van der Waals surface area contributed by atoms with Crippen molar-refractivity contribution in [2.24, 2.45) is 9.98 Å². The minimum absolute atomic E-state index is 0.443. The molecule has 1 aromatic rings. The monoisotopic (exact) mass is 233 g/mol. The second-order valence-electron chi connectivity index (χ2n) is 3.19. The third kappa shape index (κ3) is 4.34. The van der Waals surface area contributed by atoms with Crippen LogP contribution in [0.5, 0.6) is 0 Å². The number of hydrogen-bond donors (Lipinski definition) is 3. The molecular weight excluding hydrogens is 218 g/mol. The maximum atomic E-state index is 8.37. The molecule has 0 saturated carbocycles. The largest absolute Gasteiger partial charge is 0.359 e. The molecule has 0 fully saturated rings. The van der Waals surface area contributed by atoms with E-state index in [2.05, 4.69) is 30.6 Å². The van der Waals surface area contributed by atoms with Crippen molar-refractivity contribution in [3.05, 3.63) is 17.7 Å². The number of aromatic amines is 1. The highest BCUT2D eigenvalue weighted by atomic mass is 15.2. The van der Waals surface area contributed by atoms with Crippen LogP contribution in [0.2, 0.25) is 0 Å². The highest BCUT2D eigenvalue weighted by molar-refractivity contribution is 5.80. The number of aliphatic imine (C=N–C) groups is 2. The van der Waals surface area contributed by atoms with Gasteiger partial charge >= 0.3 is 0 Å². The molecular formula is C10H15N7. The zero-order valence-electron chi connectivity index (χ0n) is 9.86. The molecule has 0 radical (unpaired) electrons. The Morgan fingerprint density at radius 2 is 2.53 bits per heavy atom. The Morgan fingerprint density at radius 3 is 3.12 bits per heavy atom. The summed E-state index contributed by atoms with van der Waals surface area (Å²) in [5.74, 6) is 0.443. The predicted molar refractivity (Wildman–Crippen MR) is 65.9 cm³/mol. The normalized spacial score (nSPS) is 11.5. The van der Waals surface area contributed by atoms with Crippen LogP contribution in [0.4, 0.5) is 0 Å². The van der Waals surface area contributed by atoms with E-state index in [0.29, 0.717) is 19.0 Å². The number of nitrogens with one attached hydrogen (secondary N) is 3. The molecule has 7 heteroatoms. The highest BCUT2D eigenvalue weighted by Crippen LogP contribution is 1.95. The molecule has 1 heterocycles. The van der Waals surface area contributed by atoms with Crippen molar-refractivity contribution in [1.29, 1.82) is 5.26 Å². The van der Waals surface area contributed by atoms with Gasteiger partial charge in [-0.05, 0) is 6.92 Å². The van der Waals surface area contributed by atoms with Crippen LogP contribution in [-0.2, 0) is 0 Å². The van der Waals surface area contributed by atoms with Crippen LogP contribution in [0.1, 0.15) is 11.4 Å². The van der Waals surface area contributed by atoms with Crippen LogP contribution in [-0.4, -0.2) is 42.3 Å². The van der Waals surface area contributed by atoms with Crippen molar-refractivity contribution < 1.29 is 0 Å². The molecule has 0 aliphatic rings. The molecule has 90 valence electrons. The van der Waals surface area contributed by atoms with E-state index in [9.17, 15) is 0 Å². The molecule has 17 heavy (non-hydrogen) atoms. The van der Waals surface area contributed by atoms with Crippen LogP contribution in [0, 0.1) is 18.4 Å². The summed E-state index contributed by atoms with van der Waals surface area (Å²) in [6.07, 6.45) is 5.05. The van der Waals surface area contributed by atoms with Crippen molar-refractivity contribution in [2.75, 3.05) is 20.1 Å². The maximum Gasteiger partial charge on any atom is 0.209 e. The molecule has 0 unspecified atom stereocenters. The van der Waals surface area contributed by atoms with Crippen LogP contribution >= 0.6 is 0 Å². The quantitative estimate of drug-likeness (QED) is 0.290. The SMILES string of the molecule is CNC(=NC#N)NCCN=Cc1nc[nH]c1C. The van der Waals surface area contributed by atoms with Gasteiger partial charge in [0, 0.05) is 25.5 Å². The van der Waals surface area contributed by atoms with E-state index in [1.54, 1.807) is 25.8 Å². The Kier molecular flexibility index (Phi) is 5.24. The van der Waals surface area contributed by atoms with E-state index in [1.165, 1.54) is 0 Å². The zero-order chi connectivity index (χ0) is 12.5. The number of rotatable bonds is 4. The lowest BCUT2D eigenvalue weighted by atomic mass is 10.4. The third-order valence-corrected chi connectivity index (χ3v) is 2.01. The van der Waals surface area contributed by atoms with Crippen molar-refractivity contribution in [2.45, 2.75) is 6.92 Å². The first kappa shape index (κ1) is 12.7. The average molecular weight is 233 g/mol. The lowest BCUT2D eigenvalue weighted by Gasteiger charge is -2.04. The molecule has 1 aromatic heterocycles. The summed E-state index contributed by atoms with van der Waals surface area (Å²) < 4.78 is 0. The van der Waals surface area contributed by atoms with Crippen molar-refractivity contribution >= 4 is 12.2 Å². The summed E-state index contributed by atoms with van der Waals surface area (Å²) in [6.45, 7) is 3.12. The van der Waals surface area contributed by atoms with Crippen LogP contribution in [0.3, 0.4) is 0 Å². The smallest absolute Gasteiger partial charge is 0.209 e. The second-order valence-corrected chi connectivity index (χ2v) is 3.19. The summed E-state index contributed by atoms with van der Waals surface area (Å²) in [5.41, 5.74) is 1.83. The number of imidazole rings is 1. The Labute approximate surface area is 99.7 Å². The molecule has 0 amide bonds. The van der Waals surface area contributed by atoms with Crippen molar-refractivity contribution in [3.8, 4) is 6.19 Å². The lowest BCUT2D eigenvalue weighted by Crippen LogP contribution is -2.36. The molecule has 0 atom stereocenters. The van der Waals surface area contributed by atoms with E-state index in [1.807, 2.05) is 6.92 Å². The fraction of sp³-hybridized carbons (Fsp3) is 0.400. The van der Waals surface area contributed by atoms with Gasteiger partial charge in [-0.1, -0.05) is 0 Å². The van der Waals surface area contributed by atoms with Crippen LogP contribution < -0.4 is 10.6 Å². The van der Waals surface area contributed by atoms with Crippen LogP contribution in [0.25, 0.3) is 0 Å². The lowest BCUT2D eigenvalue weighted by molar-refractivity contribution is 0.848. The molecule has 0 bridgehead atoms. The predicted octanol–water partition coefficient (Wildman–Crippen LogP) is -0.217. The first-order chi connectivity index (χ1) is 8.27. The zero-order valence-corrected chi connectivity index (χ0v) is 9.86. The van der Waals surface area contributed by atoms with Gasteiger partial charge in [0.1, 0.15) is 5.69 Å². The van der Waals surface area contributed by atoms with Gasteiger partial charge in [-0.3, -0.25) is 4.99 Å². The maximum absolute atomic E-state index is 8.37. The van der Waals surface area contributed by atoms with Gasteiger partial charge in [0.05, 0.1) is 12.9 Å². The molecule has 0 aromatic carbocycles. The van der Waals surface area contributed by atoms with Gasteiger partial charge < -0.3 is 15.6 Å². The topological polar surface area (TPSA) is 101 Å². The second kappa shape index (κ2) is 7.00. The molecule has 0 aliphatic heterocycles. The van der Waals surface area contributed by atoms with Gasteiger partial charge in [-0.15, -0.1) is 4.99 Å². The molecule has 0 aliphatic carbocycles. The van der Waals surface area contributed by atoms with Gasteiger partial charge in [0.2, 0.25) is 12.2 Å². The minimum Gasteiger partial charge on any atom is -0.359 e. The summed E-state index contributed by atoms with van der Waals surface area (Å²) in [5, 5.41) is 14.1. The third-order valence-electron chi connectivity index (χ3n) is 2.01. The van der Waals surface area contributed by atoms with Gasteiger partial charge in [0.15, 0.2) is 0 Å². The Hall–Kier alpha value is -2.36. The molecule has 0 spiro atoms. The van der Waals surface area contributed by atoms with Crippen molar-refractivity contribution in [3.63, 3.8) is 0 Å². The molecule has 1 rings (SSSR count). The first-order valence-corrected chi connectivity index (χ1v) is 5.16. The summed E-state index contributed by atoms with van der Waals surface area (Å²) in [7, 11) is 1.69. The number of hydrogen-bond acceptors (Lipinski definition) is 4. The number of aryl methyl sites for hydroxylation is 1. The van der Waals surface area contributed by atoms with E-state index < -0.39 is 0 Å².